The van der Waals surface area contributed by atoms with Crippen molar-refractivity contribution in [2.75, 3.05) is 0 Å². The first kappa shape index (κ1) is 16.7. The zero-order valence-corrected chi connectivity index (χ0v) is 16.1. The van der Waals surface area contributed by atoms with Gasteiger partial charge in [0, 0.05) is 12.4 Å². The van der Waals surface area contributed by atoms with Crippen molar-refractivity contribution >= 4 is 5.57 Å². The molecule has 0 bridgehead atoms. The van der Waals surface area contributed by atoms with Crippen molar-refractivity contribution in [3.05, 3.63) is 47.8 Å². The second kappa shape index (κ2) is 5.79. The third-order valence-corrected chi connectivity index (χ3v) is 8.63. The van der Waals surface area contributed by atoms with Crippen molar-refractivity contribution in [3.8, 4) is 0 Å². The molecule has 2 saturated carbocycles. The number of rotatable bonds is 1. The molecule has 2 nitrogen and oxygen atoms in total. The van der Waals surface area contributed by atoms with E-state index in [1.165, 1.54) is 37.7 Å². The minimum Gasteiger partial charge on any atom is -0.393 e. The first-order valence-corrected chi connectivity index (χ1v) is 10.5. The molecule has 4 aliphatic carbocycles. The van der Waals surface area contributed by atoms with E-state index < -0.39 is 0 Å². The summed E-state index contributed by atoms with van der Waals surface area (Å²) in [5.74, 6) is 2.36. The average molecular weight is 350 g/mol. The van der Waals surface area contributed by atoms with Gasteiger partial charge in [-0.25, -0.2) is 0 Å². The number of pyridine rings is 1. The van der Waals surface area contributed by atoms with Crippen LogP contribution in [0.2, 0.25) is 0 Å². The summed E-state index contributed by atoms with van der Waals surface area (Å²) in [7, 11) is 0. The fourth-order valence-corrected chi connectivity index (χ4v) is 7.18. The van der Waals surface area contributed by atoms with Crippen LogP contribution in [-0.4, -0.2) is 16.2 Å². The molecule has 1 heterocycles. The van der Waals surface area contributed by atoms with E-state index in [0.717, 1.165) is 30.6 Å². The molecule has 5 rings (SSSR count). The van der Waals surface area contributed by atoms with E-state index in [0.29, 0.717) is 10.8 Å². The highest BCUT2D eigenvalue weighted by Gasteiger charge is 2.56. The van der Waals surface area contributed by atoms with Gasteiger partial charge in [-0.15, -0.1) is 0 Å². The predicted octanol–water partition coefficient (Wildman–Crippen LogP) is 5.40. The Morgan fingerprint density at radius 3 is 2.69 bits per heavy atom. The molecule has 26 heavy (non-hydrogen) atoms. The van der Waals surface area contributed by atoms with Crippen molar-refractivity contribution in [1.29, 1.82) is 0 Å². The number of fused-ring (bicyclic) bond motifs is 5. The molecule has 4 aliphatic rings. The standard InChI is InChI=1S/C24H31NO/c1-23-11-9-18(26)14-17(23)5-6-19-21-8-7-20(16-4-3-13-25-15-16)24(21,2)12-10-22(19)23/h3-5,7,13,15,18-19,21-22,26H,6,8-12,14H2,1-2H3/t18-,19+,21+,22+,23+,24-/m1/s1. The Kier molecular flexibility index (Phi) is 3.73. The molecule has 0 unspecified atom stereocenters. The fraction of sp³-hybridized carbons (Fsp3) is 0.625. The van der Waals surface area contributed by atoms with Crippen LogP contribution < -0.4 is 0 Å². The highest BCUT2D eigenvalue weighted by atomic mass is 16.3. The minimum atomic E-state index is -0.106. The average Bonchev–Trinajstić information content (AvgIpc) is 3.00. The van der Waals surface area contributed by atoms with Crippen molar-refractivity contribution in [2.45, 2.75) is 64.9 Å². The Balaban J connectivity index is 1.48. The maximum Gasteiger partial charge on any atom is 0.0577 e. The quantitative estimate of drug-likeness (QED) is 0.689. The van der Waals surface area contributed by atoms with Gasteiger partial charge in [0.25, 0.3) is 0 Å². The Bertz CT molecular complexity index is 766. The molecule has 2 heteroatoms. The topological polar surface area (TPSA) is 33.1 Å². The molecule has 0 saturated heterocycles. The zero-order valence-electron chi connectivity index (χ0n) is 16.1. The summed E-state index contributed by atoms with van der Waals surface area (Å²) in [5.41, 5.74) is 5.09. The molecule has 0 amide bonds. The molecule has 0 aliphatic heterocycles. The van der Waals surface area contributed by atoms with Crippen LogP contribution in [0, 0.1) is 28.6 Å². The van der Waals surface area contributed by atoms with Crippen LogP contribution in [0.1, 0.15) is 64.4 Å². The van der Waals surface area contributed by atoms with Crippen LogP contribution in [0.25, 0.3) is 5.57 Å². The van der Waals surface area contributed by atoms with Gasteiger partial charge < -0.3 is 5.11 Å². The summed E-state index contributed by atoms with van der Waals surface area (Å²) in [6.45, 7) is 5.03. The molecule has 1 N–H and O–H groups in total. The maximum absolute atomic E-state index is 10.2. The number of nitrogens with zero attached hydrogens (tertiary/aromatic N) is 1. The van der Waals surface area contributed by atoms with Crippen LogP contribution in [0.4, 0.5) is 0 Å². The van der Waals surface area contributed by atoms with E-state index in [9.17, 15) is 5.11 Å². The molecule has 1 aromatic rings. The molecule has 6 atom stereocenters. The van der Waals surface area contributed by atoms with E-state index in [4.69, 9.17) is 0 Å². The smallest absolute Gasteiger partial charge is 0.0577 e. The predicted molar refractivity (Wildman–Crippen MR) is 105 cm³/mol. The van der Waals surface area contributed by atoms with Gasteiger partial charge in [0.05, 0.1) is 6.10 Å². The van der Waals surface area contributed by atoms with Gasteiger partial charge in [-0.2, -0.15) is 0 Å². The van der Waals surface area contributed by atoms with Crippen molar-refractivity contribution in [1.82, 2.24) is 4.98 Å². The highest BCUT2D eigenvalue weighted by molar-refractivity contribution is 5.72. The summed E-state index contributed by atoms with van der Waals surface area (Å²) in [4.78, 5) is 4.38. The van der Waals surface area contributed by atoms with Crippen molar-refractivity contribution in [2.24, 2.45) is 28.6 Å². The molecule has 1 aromatic heterocycles. The molecule has 0 spiro atoms. The van der Waals surface area contributed by atoms with Crippen molar-refractivity contribution in [3.63, 3.8) is 0 Å². The van der Waals surface area contributed by atoms with Gasteiger partial charge in [0.2, 0.25) is 0 Å². The number of allylic oxidation sites excluding steroid dienone is 3. The minimum absolute atomic E-state index is 0.106. The van der Waals surface area contributed by atoms with Crippen LogP contribution in [-0.2, 0) is 0 Å². The lowest BCUT2D eigenvalue weighted by Crippen LogP contribution is -2.49. The van der Waals surface area contributed by atoms with Gasteiger partial charge in [0.1, 0.15) is 0 Å². The van der Waals surface area contributed by atoms with Crippen LogP contribution in [0.15, 0.2) is 42.3 Å². The second-order valence-electron chi connectivity index (χ2n) is 9.71. The molecule has 138 valence electrons. The van der Waals surface area contributed by atoms with Gasteiger partial charge in [0.15, 0.2) is 0 Å². The summed E-state index contributed by atoms with van der Waals surface area (Å²) in [6, 6.07) is 4.31. The third kappa shape index (κ3) is 2.24. The number of aliphatic hydroxyl groups excluding tert-OH is 1. The lowest BCUT2D eigenvalue weighted by atomic mass is 9.47. The first-order chi connectivity index (χ1) is 12.5. The number of hydrogen-bond donors (Lipinski definition) is 1. The van der Waals surface area contributed by atoms with Crippen molar-refractivity contribution < 1.29 is 5.11 Å². The lowest BCUT2D eigenvalue weighted by molar-refractivity contribution is -0.0238. The number of aromatic nitrogens is 1. The fourth-order valence-electron chi connectivity index (χ4n) is 7.18. The van der Waals surface area contributed by atoms with Gasteiger partial charge in [-0.1, -0.05) is 37.6 Å². The highest BCUT2D eigenvalue weighted by Crippen LogP contribution is 2.66. The van der Waals surface area contributed by atoms with E-state index in [2.05, 4.69) is 43.1 Å². The van der Waals surface area contributed by atoms with E-state index in [1.54, 1.807) is 11.1 Å². The Morgan fingerprint density at radius 1 is 1.04 bits per heavy atom. The summed E-state index contributed by atoms with van der Waals surface area (Å²) in [5, 5.41) is 10.2. The number of aliphatic hydroxyl groups is 1. The molecule has 0 radical (unpaired) electrons. The molecular formula is C24H31NO. The van der Waals surface area contributed by atoms with Gasteiger partial charge in [-0.05, 0) is 90.7 Å². The van der Waals surface area contributed by atoms with Crippen LogP contribution in [0.5, 0.6) is 0 Å². The van der Waals surface area contributed by atoms with Crippen LogP contribution >= 0.6 is 0 Å². The second-order valence-corrected chi connectivity index (χ2v) is 9.71. The Morgan fingerprint density at radius 2 is 1.88 bits per heavy atom. The largest absolute Gasteiger partial charge is 0.393 e. The SMILES string of the molecule is C[C@]12CC[C@@H](O)CC1=CC[C@@H]1[C@@H]2CC[C@]2(C)C(c3cccnc3)=CC[C@@H]12. The molecule has 0 aromatic carbocycles. The summed E-state index contributed by atoms with van der Waals surface area (Å²) in [6.07, 6.45) is 17.0. The lowest BCUT2D eigenvalue weighted by Gasteiger charge is -2.57. The van der Waals surface area contributed by atoms with Gasteiger partial charge in [-0.3, -0.25) is 4.98 Å². The first-order valence-electron chi connectivity index (χ1n) is 10.5. The summed E-state index contributed by atoms with van der Waals surface area (Å²) >= 11 is 0. The van der Waals surface area contributed by atoms with Crippen LogP contribution in [0.3, 0.4) is 0 Å². The Hall–Kier alpha value is -1.41. The normalized spacial score (nSPS) is 44.4. The van der Waals surface area contributed by atoms with E-state index in [1.807, 2.05) is 12.4 Å². The number of hydrogen-bond acceptors (Lipinski definition) is 2. The molecule has 2 fully saturated rings. The zero-order chi connectivity index (χ0) is 17.9. The van der Waals surface area contributed by atoms with E-state index >= 15 is 0 Å². The monoisotopic (exact) mass is 349 g/mol. The van der Waals surface area contributed by atoms with Gasteiger partial charge >= 0.3 is 0 Å². The van der Waals surface area contributed by atoms with E-state index in [-0.39, 0.29) is 6.10 Å². The summed E-state index contributed by atoms with van der Waals surface area (Å²) < 4.78 is 0. The molecular weight excluding hydrogens is 318 g/mol. The maximum atomic E-state index is 10.2. The third-order valence-electron chi connectivity index (χ3n) is 8.63. The Labute approximate surface area is 157 Å².